The van der Waals surface area contributed by atoms with Crippen molar-refractivity contribution in [1.82, 2.24) is 24.2 Å². The summed E-state index contributed by atoms with van der Waals surface area (Å²) >= 11 is 0. The molecule has 1 fully saturated rings. The van der Waals surface area contributed by atoms with E-state index in [2.05, 4.69) is 34.9 Å². The lowest BCUT2D eigenvalue weighted by Crippen LogP contribution is -2.26. The van der Waals surface area contributed by atoms with Gasteiger partial charge in [-0.1, -0.05) is 12.1 Å². The first-order valence-electron chi connectivity index (χ1n) is 11.2. The van der Waals surface area contributed by atoms with E-state index in [1.807, 2.05) is 63.4 Å². The number of nitrogens with one attached hydrogen (secondary N) is 3. The van der Waals surface area contributed by atoms with E-state index < -0.39 is 10.0 Å². The summed E-state index contributed by atoms with van der Waals surface area (Å²) in [6.45, 7) is 4.21. The normalized spacial score (nSPS) is 13.9. The van der Waals surface area contributed by atoms with Gasteiger partial charge < -0.3 is 15.2 Å². The van der Waals surface area contributed by atoms with Crippen LogP contribution in [-0.2, 0) is 23.6 Å². The van der Waals surface area contributed by atoms with E-state index in [1.54, 1.807) is 6.20 Å². The zero-order valence-corrected chi connectivity index (χ0v) is 20.1. The van der Waals surface area contributed by atoms with Gasteiger partial charge in [0.25, 0.3) is 0 Å². The number of fused-ring (bicyclic) bond motifs is 1. The van der Waals surface area contributed by atoms with Gasteiger partial charge in [-0.05, 0) is 62.6 Å². The van der Waals surface area contributed by atoms with Gasteiger partial charge in [-0.2, -0.15) is 4.98 Å². The van der Waals surface area contributed by atoms with Gasteiger partial charge in [-0.15, -0.1) is 0 Å². The molecule has 1 aliphatic rings. The number of aromatic nitrogens is 4. The summed E-state index contributed by atoms with van der Waals surface area (Å²) < 4.78 is 28.7. The number of aryl methyl sites for hydroxylation is 3. The maximum absolute atomic E-state index is 12.0. The van der Waals surface area contributed by atoms with E-state index in [-0.39, 0.29) is 5.25 Å². The van der Waals surface area contributed by atoms with Crippen LogP contribution in [0.2, 0.25) is 0 Å². The van der Waals surface area contributed by atoms with Crippen molar-refractivity contribution in [3.8, 4) is 0 Å². The maximum Gasteiger partial charge on any atom is 0.229 e. The van der Waals surface area contributed by atoms with Crippen molar-refractivity contribution in [2.45, 2.75) is 38.5 Å². The molecule has 176 valence electrons. The first-order chi connectivity index (χ1) is 16.3. The van der Waals surface area contributed by atoms with Crippen molar-refractivity contribution in [2.75, 3.05) is 10.6 Å². The number of hydrogen-bond acceptors (Lipinski definition) is 7. The molecule has 1 aliphatic carbocycles. The third kappa shape index (κ3) is 4.73. The molecule has 2 heterocycles. The number of hydrogen-bond donors (Lipinski definition) is 3. The Kier molecular flexibility index (Phi) is 5.70. The van der Waals surface area contributed by atoms with Gasteiger partial charge in [0.1, 0.15) is 11.6 Å². The van der Waals surface area contributed by atoms with Crippen LogP contribution in [0.3, 0.4) is 0 Å². The average Bonchev–Trinajstić information content (AvgIpc) is 3.63. The second-order valence-corrected chi connectivity index (χ2v) is 10.7. The second kappa shape index (κ2) is 8.69. The van der Waals surface area contributed by atoms with E-state index in [0.717, 1.165) is 52.2 Å². The number of imidazole rings is 1. The van der Waals surface area contributed by atoms with Crippen molar-refractivity contribution < 1.29 is 8.42 Å². The van der Waals surface area contributed by atoms with Gasteiger partial charge in [0.2, 0.25) is 16.0 Å². The Morgan fingerprint density at radius 3 is 2.47 bits per heavy atom. The second-order valence-electron chi connectivity index (χ2n) is 8.66. The van der Waals surface area contributed by atoms with Crippen molar-refractivity contribution in [1.29, 1.82) is 0 Å². The number of rotatable bonds is 8. The Balaban J connectivity index is 1.27. The summed E-state index contributed by atoms with van der Waals surface area (Å²) in [6.07, 6.45) is 3.28. The van der Waals surface area contributed by atoms with Crippen molar-refractivity contribution >= 4 is 44.2 Å². The van der Waals surface area contributed by atoms with Crippen molar-refractivity contribution in [3.05, 3.63) is 65.6 Å². The molecule has 5 rings (SSSR count). The highest BCUT2D eigenvalue weighted by Gasteiger charge is 2.35. The third-order valence-electron chi connectivity index (χ3n) is 5.99. The van der Waals surface area contributed by atoms with Gasteiger partial charge in [-0.3, -0.25) is 0 Å². The Bertz CT molecular complexity index is 1460. The zero-order chi connectivity index (χ0) is 23.9. The predicted molar refractivity (Wildman–Crippen MR) is 134 cm³/mol. The largest absolute Gasteiger partial charge is 0.340 e. The van der Waals surface area contributed by atoms with Crippen LogP contribution in [-0.4, -0.2) is 33.2 Å². The third-order valence-corrected chi connectivity index (χ3v) is 7.89. The van der Waals surface area contributed by atoms with Crippen LogP contribution in [0.5, 0.6) is 0 Å². The quantitative estimate of drug-likeness (QED) is 0.351. The molecule has 3 N–H and O–H groups in total. The molecular formula is C24H27N7O2S. The molecule has 2 aromatic heterocycles. The molecule has 0 radical (unpaired) electrons. The van der Waals surface area contributed by atoms with Gasteiger partial charge in [0, 0.05) is 36.7 Å². The smallest absolute Gasteiger partial charge is 0.229 e. The highest BCUT2D eigenvalue weighted by Crippen LogP contribution is 2.28. The SMILES string of the molecule is Cc1cnc(Nc2ccc3c(c2)nc(C)n3C)nc1Nc1ccc(CNS(=O)(=O)C2CC2)cc1. The summed E-state index contributed by atoms with van der Waals surface area (Å²) in [6, 6.07) is 13.6. The Labute approximate surface area is 198 Å². The number of nitrogens with zero attached hydrogens (tertiary/aromatic N) is 4. The predicted octanol–water partition coefficient (Wildman–Crippen LogP) is 4.05. The molecule has 34 heavy (non-hydrogen) atoms. The van der Waals surface area contributed by atoms with Gasteiger partial charge in [-0.25, -0.2) is 23.1 Å². The fourth-order valence-corrected chi connectivity index (χ4v) is 5.04. The fraction of sp³-hybridized carbons (Fsp3) is 0.292. The standard InChI is InChI=1S/C24H27N7O2S/c1-15-13-25-24(29-19-8-11-22-21(12-19)27-16(2)31(22)3)30-23(15)28-18-6-4-17(5-7-18)14-26-34(32,33)20-9-10-20/h4-8,11-13,20,26H,9-10,14H2,1-3H3,(H2,25,28,29,30). The van der Waals surface area contributed by atoms with E-state index in [4.69, 9.17) is 0 Å². The molecule has 4 aromatic rings. The molecule has 0 unspecified atom stereocenters. The van der Waals surface area contributed by atoms with Crippen LogP contribution < -0.4 is 15.4 Å². The molecule has 0 saturated heterocycles. The summed E-state index contributed by atoms with van der Waals surface area (Å²) in [7, 11) is -1.19. The van der Waals surface area contributed by atoms with E-state index in [1.165, 1.54) is 0 Å². The van der Waals surface area contributed by atoms with Crippen LogP contribution >= 0.6 is 0 Å². The molecule has 0 bridgehead atoms. The molecule has 10 heteroatoms. The molecule has 0 aliphatic heterocycles. The lowest BCUT2D eigenvalue weighted by Gasteiger charge is -2.12. The number of benzene rings is 2. The molecule has 0 spiro atoms. The lowest BCUT2D eigenvalue weighted by atomic mass is 10.2. The molecule has 0 atom stereocenters. The summed E-state index contributed by atoms with van der Waals surface area (Å²) in [5.74, 6) is 2.12. The van der Waals surface area contributed by atoms with Crippen LogP contribution in [0.4, 0.5) is 23.1 Å². The van der Waals surface area contributed by atoms with Crippen LogP contribution in [0.15, 0.2) is 48.7 Å². The van der Waals surface area contributed by atoms with E-state index in [9.17, 15) is 8.42 Å². The Morgan fingerprint density at radius 2 is 1.74 bits per heavy atom. The molecular weight excluding hydrogens is 450 g/mol. The molecule has 1 saturated carbocycles. The lowest BCUT2D eigenvalue weighted by molar-refractivity contribution is 0.580. The Morgan fingerprint density at radius 1 is 1.00 bits per heavy atom. The maximum atomic E-state index is 12.0. The summed E-state index contributed by atoms with van der Waals surface area (Å²) in [5, 5.41) is 6.36. The minimum Gasteiger partial charge on any atom is -0.340 e. The minimum atomic E-state index is -3.19. The van der Waals surface area contributed by atoms with Gasteiger partial charge >= 0.3 is 0 Å². The van der Waals surface area contributed by atoms with Crippen molar-refractivity contribution in [3.63, 3.8) is 0 Å². The number of sulfonamides is 1. The van der Waals surface area contributed by atoms with E-state index in [0.29, 0.717) is 18.3 Å². The molecule has 0 amide bonds. The van der Waals surface area contributed by atoms with Gasteiger partial charge in [0.05, 0.1) is 16.3 Å². The highest BCUT2D eigenvalue weighted by atomic mass is 32.2. The van der Waals surface area contributed by atoms with Crippen LogP contribution in [0, 0.1) is 13.8 Å². The summed E-state index contributed by atoms with van der Waals surface area (Å²) in [4.78, 5) is 13.6. The minimum absolute atomic E-state index is 0.216. The monoisotopic (exact) mass is 477 g/mol. The molecule has 2 aromatic carbocycles. The van der Waals surface area contributed by atoms with Gasteiger partial charge in [0.15, 0.2) is 0 Å². The Hall–Kier alpha value is -3.50. The average molecular weight is 478 g/mol. The van der Waals surface area contributed by atoms with Crippen LogP contribution in [0.1, 0.15) is 29.8 Å². The fourth-order valence-electron chi connectivity index (χ4n) is 3.68. The van der Waals surface area contributed by atoms with Crippen LogP contribution in [0.25, 0.3) is 11.0 Å². The first kappa shape index (κ1) is 22.3. The topological polar surface area (TPSA) is 114 Å². The summed E-state index contributed by atoms with van der Waals surface area (Å²) in [5.41, 5.74) is 5.50. The van der Waals surface area contributed by atoms with E-state index >= 15 is 0 Å². The van der Waals surface area contributed by atoms with Crippen molar-refractivity contribution in [2.24, 2.45) is 7.05 Å². The number of anilines is 4. The first-order valence-corrected chi connectivity index (χ1v) is 12.7. The zero-order valence-electron chi connectivity index (χ0n) is 19.3. The molecule has 9 nitrogen and oxygen atoms in total. The highest BCUT2D eigenvalue weighted by molar-refractivity contribution is 7.90.